The maximum atomic E-state index is 13.6. The van der Waals surface area contributed by atoms with Crippen LogP contribution in [0.2, 0.25) is 0 Å². The second-order valence-electron chi connectivity index (χ2n) is 10.2. The lowest BCUT2D eigenvalue weighted by Crippen LogP contribution is -2.43. The van der Waals surface area contributed by atoms with Gasteiger partial charge >= 0.3 is 0 Å². The second kappa shape index (κ2) is 9.68. The van der Waals surface area contributed by atoms with E-state index in [0.717, 1.165) is 31.7 Å². The van der Waals surface area contributed by atoms with Gasteiger partial charge in [0.1, 0.15) is 11.5 Å². The lowest BCUT2D eigenvalue weighted by Gasteiger charge is -2.32. The Morgan fingerprint density at radius 2 is 1.69 bits per heavy atom. The molecule has 2 aliphatic heterocycles. The number of carbonyl (C=O) groups excluding carboxylic acids is 1. The smallest absolute Gasteiger partial charge is 0.268 e. The number of nitrogens with zero attached hydrogens (tertiary/aromatic N) is 3. The number of benzene rings is 3. The molecule has 0 spiro atoms. The number of para-hydroxylation sites is 1. The van der Waals surface area contributed by atoms with E-state index < -0.39 is 10.0 Å². The van der Waals surface area contributed by atoms with Crippen LogP contribution in [0.1, 0.15) is 27.0 Å². The fourth-order valence-corrected chi connectivity index (χ4v) is 6.51. The molecular weight excluding hydrogens is 514 g/mol. The molecule has 1 fully saturated rings. The van der Waals surface area contributed by atoms with Crippen LogP contribution in [0.15, 0.2) is 77.5 Å². The highest BCUT2D eigenvalue weighted by Gasteiger charge is 2.32. The zero-order valence-electron chi connectivity index (χ0n) is 21.8. The Labute approximate surface area is 227 Å². The maximum absolute atomic E-state index is 13.6. The number of rotatable bonds is 5. The molecule has 3 aromatic carbocycles. The summed E-state index contributed by atoms with van der Waals surface area (Å²) in [4.78, 5) is 18.0. The minimum Gasteiger partial charge on any atom is -0.507 e. The van der Waals surface area contributed by atoms with Gasteiger partial charge in [-0.3, -0.25) is 9.69 Å². The van der Waals surface area contributed by atoms with Gasteiger partial charge in [0.15, 0.2) is 5.76 Å². The fourth-order valence-electron chi connectivity index (χ4n) is 5.13. The summed E-state index contributed by atoms with van der Waals surface area (Å²) in [5.74, 6) is 0.234. The number of hydrogen-bond donors (Lipinski definition) is 1. The number of fused-ring (bicyclic) bond motifs is 2. The SMILES string of the molecule is Cc1ccc(S(=O)(=O)n2cc(/C=C3\Oc4c(ccc(O)c4CN4CCN(C)CC4)C3=O)c3ccccc32)cc1. The first kappa shape index (κ1) is 25.4. The number of allylic oxidation sites excluding steroid dienone is 1. The number of phenols is 1. The van der Waals surface area contributed by atoms with Gasteiger partial charge in [0.2, 0.25) is 5.78 Å². The van der Waals surface area contributed by atoms with E-state index in [1.807, 2.05) is 19.1 Å². The molecule has 0 atom stereocenters. The van der Waals surface area contributed by atoms with Gasteiger partial charge < -0.3 is 14.7 Å². The van der Waals surface area contributed by atoms with E-state index in [9.17, 15) is 18.3 Å². The first-order chi connectivity index (χ1) is 18.7. The number of carbonyl (C=O) groups is 1. The molecule has 39 heavy (non-hydrogen) atoms. The first-order valence-corrected chi connectivity index (χ1v) is 14.3. The molecule has 0 unspecified atom stereocenters. The average Bonchev–Trinajstić information content (AvgIpc) is 3.45. The van der Waals surface area contributed by atoms with Crippen molar-refractivity contribution in [3.05, 3.63) is 94.9 Å². The quantitative estimate of drug-likeness (QED) is 0.376. The van der Waals surface area contributed by atoms with Crippen LogP contribution in [0, 0.1) is 6.92 Å². The van der Waals surface area contributed by atoms with Crippen molar-refractivity contribution in [1.82, 2.24) is 13.8 Å². The van der Waals surface area contributed by atoms with Crippen molar-refractivity contribution < 1.29 is 23.1 Å². The predicted molar refractivity (Wildman–Crippen MR) is 150 cm³/mol. The summed E-state index contributed by atoms with van der Waals surface area (Å²) in [6.45, 7) is 5.93. The molecule has 0 aliphatic carbocycles. The number of aromatic nitrogens is 1. The summed E-state index contributed by atoms with van der Waals surface area (Å²) in [5, 5.41) is 11.3. The van der Waals surface area contributed by atoms with Crippen LogP contribution in [0.4, 0.5) is 0 Å². The van der Waals surface area contributed by atoms with E-state index in [4.69, 9.17) is 4.74 Å². The van der Waals surface area contributed by atoms with Crippen LogP contribution in [0.3, 0.4) is 0 Å². The van der Waals surface area contributed by atoms with Gasteiger partial charge in [-0.15, -0.1) is 0 Å². The molecular formula is C30H29N3O5S. The van der Waals surface area contributed by atoms with Gasteiger partial charge in [0, 0.05) is 49.9 Å². The minimum atomic E-state index is -3.88. The Hall–Kier alpha value is -3.92. The van der Waals surface area contributed by atoms with Crippen LogP contribution in [0.5, 0.6) is 11.5 Å². The zero-order valence-corrected chi connectivity index (χ0v) is 22.6. The lowest BCUT2D eigenvalue weighted by molar-refractivity contribution is 0.101. The third kappa shape index (κ3) is 4.52. The average molecular weight is 544 g/mol. The molecule has 4 aromatic rings. The van der Waals surface area contributed by atoms with Crippen LogP contribution < -0.4 is 4.74 Å². The van der Waals surface area contributed by atoms with Gasteiger partial charge in [0.25, 0.3) is 10.0 Å². The molecule has 0 saturated carbocycles. The van der Waals surface area contributed by atoms with Gasteiger partial charge in [-0.25, -0.2) is 12.4 Å². The second-order valence-corrected chi connectivity index (χ2v) is 12.0. The van der Waals surface area contributed by atoms with Gasteiger partial charge in [-0.1, -0.05) is 35.9 Å². The number of phenolic OH excluding ortho intramolecular Hbond substituents is 1. The monoisotopic (exact) mass is 543 g/mol. The van der Waals surface area contributed by atoms with Crippen molar-refractivity contribution in [3.8, 4) is 11.5 Å². The highest BCUT2D eigenvalue weighted by Crippen LogP contribution is 2.41. The third-order valence-corrected chi connectivity index (χ3v) is 9.15. The van der Waals surface area contributed by atoms with E-state index in [1.165, 1.54) is 16.2 Å². The Balaban J connectivity index is 1.38. The number of piperazine rings is 1. The van der Waals surface area contributed by atoms with E-state index in [1.54, 1.807) is 48.5 Å². The molecule has 2 aliphatic rings. The minimum absolute atomic E-state index is 0.0857. The highest BCUT2D eigenvalue weighted by molar-refractivity contribution is 7.90. The molecule has 9 heteroatoms. The number of hydrogen-bond acceptors (Lipinski definition) is 7. The Kier molecular flexibility index (Phi) is 6.29. The maximum Gasteiger partial charge on any atom is 0.268 e. The number of likely N-dealkylation sites (N-methyl/N-ethyl adjacent to an activating group) is 1. The standard InChI is InChI=1S/C30H29N3O5S/c1-20-7-9-22(10-8-20)39(36,37)33-18-21(23-5-3-4-6-26(23)33)17-28-29(35)24-11-12-27(34)25(30(24)38-28)19-32-15-13-31(2)14-16-32/h3-12,17-18,34H,13-16,19H2,1-2H3/b28-17-. The van der Waals surface area contributed by atoms with Crippen molar-refractivity contribution in [2.24, 2.45) is 0 Å². The summed E-state index contributed by atoms with van der Waals surface area (Å²) in [5.41, 5.74) is 2.98. The first-order valence-electron chi connectivity index (χ1n) is 12.8. The van der Waals surface area contributed by atoms with E-state index in [-0.39, 0.29) is 22.2 Å². The molecule has 6 rings (SSSR count). The predicted octanol–water partition coefficient (Wildman–Crippen LogP) is 4.26. The number of aryl methyl sites for hydroxylation is 1. The topological polar surface area (TPSA) is 92.1 Å². The highest BCUT2D eigenvalue weighted by atomic mass is 32.2. The lowest BCUT2D eigenvalue weighted by atomic mass is 10.0. The number of aromatic hydroxyl groups is 1. The van der Waals surface area contributed by atoms with Crippen molar-refractivity contribution in [2.75, 3.05) is 33.2 Å². The van der Waals surface area contributed by atoms with Gasteiger partial charge in [0.05, 0.1) is 21.5 Å². The zero-order chi connectivity index (χ0) is 27.3. The molecule has 200 valence electrons. The van der Waals surface area contributed by atoms with Crippen LogP contribution in [-0.2, 0) is 16.6 Å². The van der Waals surface area contributed by atoms with Crippen molar-refractivity contribution >= 4 is 32.8 Å². The van der Waals surface area contributed by atoms with E-state index >= 15 is 0 Å². The molecule has 0 radical (unpaired) electrons. The summed E-state index contributed by atoms with van der Waals surface area (Å²) < 4.78 is 34.4. The third-order valence-electron chi connectivity index (χ3n) is 7.47. The number of ketones is 1. The Morgan fingerprint density at radius 3 is 2.44 bits per heavy atom. The molecule has 8 nitrogen and oxygen atoms in total. The van der Waals surface area contributed by atoms with Crippen LogP contribution in [0.25, 0.3) is 17.0 Å². The molecule has 1 saturated heterocycles. The largest absolute Gasteiger partial charge is 0.507 e. The number of Topliss-reactive ketones (excluding diaryl/α,β-unsaturated/α-hetero) is 1. The van der Waals surface area contributed by atoms with Crippen molar-refractivity contribution in [2.45, 2.75) is 18.4 Å². The molecule has 1 aromatic heterocycles. The van der Waals surface area contributed by atoms with Crippen LogP contribution >= 0.6 is 0 Å². The van der Waals surface area contributed by atoms with Gasteiger partial charge in [-0.2, -0.15) is 0 Å². The molecule has 3 heterocycles. The van der Waals surface area contributed by atoms with Crippen molar-refractivity contribution in [1.29, 1.82) is 0 Å². The fraction of sp³-hybridized carbons (Fsp3) is 0.233. The number of ether oxygens (including phenoxy) is 1. The van der Waals surface area contributed by atoms with Crippen molar-refractivity contribution in [3.63, 3.8) is 0 Å². The van der Waals surface area contributed by atoms with E-state index in [0.29, 0.717) is 39.9 Å². The van der Waals surface area contributed by atoms with Gasteiger partial charge in [-0.05, 0) is 50.4 Å². The summed E-state index contributed by atoms with van der Waals surface area (Å²) >= 11 is 0. The van der Waals surface area contributed by atoms with E-state index in [2.05, 4.69) is 16.8 Å². The Bertz CT molecular complexity index is 1730. The summed E-state index contributed by atoms with van der Waals surface area (Å²) in [6, 6.07) is 17.0. The molecule has 0 amide bonds. The Morgan fingerprint density at radius 1 is 0.974 bits per heavy atom. The molecule has 1 N–H and O–H groups in total. The van der Waals surface area contributed by atoms with Crippen LogP contribution in [-0.4, -0.2) is 66.3 Å². The summed E-state index contributed by atoms with van der Waals surface area (Å²) in [7, 11) is -1.80. The summed E-state index contributed by atoms with van der Waals surface area (Å²) in [6.07, 6.45) is 3.11. The normalized spacial score (nSPS) is 17.6. The molecule has 0 bridgehead atoms.